The Labute approximate surface area is 125 Å². The minimum atomic E-state index is 0.449. The maximum absolute atomic E-state index is 6.20. The Morgan fingerprint density at radius 2 is 2.00 bits per heavy atom. The van der Waals surface area contributed by atoms with Gasteiger partial charge in [0.25, 0.3) is 0 Å². The van der Waals surface area contributed by atoms with Crippen molar-refractivity contribution < 1.29 is 0 Å². The first-order chi connectivity index (χ1) is 10.3. The summed E-state index contributed by atoms with van der Waals surface area (Å²) in [5, 5.41) is 1.48. The lowest BCUT2D eigenvalue weighted by Gasteiger charge is -2.07. The molecule has 0 fully saturated rings. The van der Waals surface area contributed by atoms with Crippen LogP contribution in [-0.2, 0) is 6.42 Å². The molecule has 0 aliphatic carbocycles. The number of nitrogens with one attached hydrogen (secondary N) is 1. The van der Waals surface area contributed by atoms with E-state index in [0.717, 1.165) is 39.6 Å². The zero-order chi connectivity index (χ0) is 14.2. The van der Waals surface area contributed by atoms with Crippen molar-refractivity contribution in [2.45, 2.75) is 6.42 Å². The molecule has 4 nitrogen and oxygen atoms in total. The van der Waals surface area contributed by atoms with Gasteiger partial charge in [-0.15, -0.1) is 0 Å². The molecule has 0 unspecified atom stereocenters. The van der Waals surface area contributed by atoms with E-state index in [0.29, 0.717) is 5.15 Å². The van der Waals surface area contributed by atoms with Gasteiger partial charge >= 0.3 is 0 Å². The maximum Gasteiger partial charge on any atom is 0.155 e. The zero-order valence-corrected chi connectivity index (χ0v) is 11.8. The number of hydrogen-bond donors (Lipinski definition) is 1. The summed E-state index contributed by atoms with van der Waals surface area (Å²) in [5.74, 6) is 0. The number of benzene rings is 1. The van der Waals surface area contributed by atoms with Crippen LogP contribution in [0, 0.1) is 0 Å². The van der Waals surface area contributed by atoms with Gasteiger partial charge in [0.2, 0.25) is 0 Å². The van der Waals surface area contributed by atoms with Crippen LogP contribution in [0.25, 0.3) is 21.9 Å². The van der Waals surface area contributed by atoms with Gasteiger partial charge in [-0.1, -0.05) is 29.8 Å². The summed E-state index contributed by atoms with van der Waals surface area (Å²) in [4.78, 5) is 16.3. The van der Waals surface area contributed by atoms with Gasteiger partial charge in [-0.2, -0.15) is 0 Å². The Morgan fingerprint density at radius 3 is 2.86 bits per heavy atom. The first kappa shape index (κ1) is 12.3. The van der Waals surface area contributed by atoms with Crippen LogP contribution < -0.4 is 0 Å². The lowest BCUT2D eigenvalue weighted by atomic mass is 10.0. The second-order valence-electron chi connectivity index (χ2n) is 4.84. The molecule has 5 heteroatoms. The van der Waals surface area contributed by atoms with Gasteiger partial charge in [0.1, 0.15) is 11.0 Å². The zero-order valence-electron chi connectivity index (χ0n) is 11.0. The van der Waals surface area contributed by atoms with Gasteiger partial charge in [0.15, 0.2) is 5.15 Å². The van der Waals surface area contributed by atoms with Crippen molar-refractivity contribution in [3.8, 4) is 0 Å². The number of aromatic nitrogens is 4. The molecule has 1 N–H and O–H groups in total. The highest BCUT2D eigenvalue weighted by Gasteiger charge is 2.12. The highest BCUT2D eigenvalue weighted by Crippen LogP contribution is 2.29. The Hall–Kier alpha value is -2.46. The van der Waals surface area contributed by atoms with Crippen LogP contribution in [-0.4, -0.2) is 19.9 Å². The smallest absolute Gasteiger partial charge is 0.155 e. The standard InChI is InChI=1S/C16H11ClN4/c17-16-15-14(19-9-20-15)13-10(4-3-6-12(13)21-16)8-11-5-1-2-7-18-11/h1-7,9H,8H2,(H,19,20). The fraction of sp³-hybridized carbons (Fsp3) is 0.0625. The number of rotatable bonds is 2. The minimum absolute atomic E-state index is 0.449. The van der Waals surface area contributed by atoms with E-state index in [1.807, 2.05) is 30.3 Å². The fourth-order valence-corrected chi connectivity index (χ4v) is 2.84. The van der Waals surface area contributed by atoms with Crippen molar-refractivity contribution in [2.24, 2.45) is 0 Å². The topological polar surface area (TPSA) is 54.5 Å². The van der Waals surface area contributed by atoms with Crippen molar-refractivity contribution in [3.63, 3.8) is 0 Å². The first-order valence-electron chi connectivity index (χ1n) is 6.63. The summed E-state index contributed by atoms with van der Waals surface area (Å²) in [6, 6.07) is 12.0. The summed E-state index contributed by atoms with van der Waals surface area (Å²) in [7, 11) is 0. The van der Waals surface area contributed by atoms with Crippen molar-refractivity contribution >= 4 is 33.5 Å². The first-order valence-corrected chi connectivity index (χ1v) is 7.01. The molecule has 0 radical (unpaired) electrons. The fourth-order valence-electron chi connectivity index (χ4n) is 2.60. The second-order valence-corrected chi connectivity index (χ2v) is 5.20. The summed E-state index contributed by atoms with van der Waals surface area (Å²) in [6.07, 6.45) is 4.19. The van der Waals surface area contributed by atoms with Gasteiger partial charge < -0.3 is 4.98 Å². The Morgan fingerprint density at radius 1 is 1.05 bits per heavy atom. The molecular weight excluding hydrogens is 284 g/mol. The number of fused-ring (bicyclic) bond motifs is 3. The molecule has 0 bridgehead atoms. The van der Waals surface area contributed by atoms with Gasteiger partial charge in [-0.05, 0) is 23.8 Å². The third kappa shape index (κ3) is 2.04. The predicted molar refractivity (Wildman–Crippen MR) is 83.4 cm³/mol. The van der Waals surface area contributed by atoms with Crippen LogP contribution in [0.1, 0.15) is 11.3 Å². The van der Waals surface area contributed by atoms with Crippen molar-refractivity contribution in [1.29, 1.82) is 0 Å². The van der Waals surface area contributed by atoms with E-state index in [1.54, 1.807) is 12.5 Å². The minimum Gasteiger partial charge on any atom is -0.342 e. The monoisotopic (exact) mass is 294 g/mol. The second kappa shape index (κ2) is 4.82. The van der Waals surface area contributed by atoms with E-state index in [2.05, 4.69) is 26.0 Å². The molecule has 102 valence electrons. The molecule has 21 heavy (non-hydrogen) atoms. The van der Waals surface area contributed by atoms with Crippen LogP contribution in [0.2, 0.25) is 5.15 Å². The highest BCUT2D eigenvalue weighted by atomic mass is 35.5. The van der Waals surface area contributed by atoms with Crippen LogP contribution in [0.3, 0.4) is 0 Å². The van der Waals surface area contributed by atoms with E-state index in [1.165, 1.54) is 0 Å². The van der Waals surface area contributed by atoms with Crippen LogP contribution in [0.5, 0.6) is 0 Å². The molecule has 4 rings (SSSR count). The normalized spacial score (nSPS) is 11.3. The lowest BCUT2D eigenvalue weighted by molar-refractivity contribution is 1.08. The Balaban J connectivity index is 1.99. The number of H-pyrrole nitrogens is 1. The molecule has 0 saturated heterocycles. The van der Waals surface area contributed by atoms with Crippen LogP contribution >= 0.6 is 11.6 Å². The number of imidazole rings is 1. The van der Waals surface area contributed by atoms with E-state index in [9.17, 15) is 0 Å². The van der Waals surface area contributed by atoms with E-state index in [-0.39, 0.29) is 0 Å². The molecule has 0 aliphatic rings. The molecule has 0 atom stereocenters. The van der Waals surface area contributed by atoms with E-state index >= 15 is 0 Å². The van der Waals surface area contributed by atoms with E-state index < -0.39 is 0 Å². The predicted octanol–water partition coefficient (Wildman–Crippen LogP) is 3.75. The van der Waals surface area contributed by atoms with Crippen LogP contribution in [0.4, 0.5) is 0 Å². The summed E-state index contributed by atoms with van der Waals surface area (Å²) < 4.78 is 0. The van der Waals surface area contributed by atoms with Gasteiger partial charge in [-0.25, -0.2) is 9.97 Å². The lowest BCUT2D eigenvalue weighted by Crippen LogP contribution is -1.94. The quantitative estimate of drug-likeness (QED) is 0.573. The maximum atomic E-state index is 6.20. The van der Waals surface area contributed by atoms with Gasteiger partial charge in [-0.3, -0.25) is 4.98 Å². The van der Waals surface area contributed by atoms with Crippen molar-refractivity contribution in [3.05, 3.63) is 65.3 Å². The summed E-state index contributed by atoms with van der Waals surface area (Å²) >= 11 is 6.20. The van der Waals surface area contributed by atoms with Crippen molar-refractivity contribution in [2.75, 3.05) is 0 Å². The largest absolute Gasteiger partial charge is 0.342 e. The number of hydrogen-bond acceptors (Lipinski definition) is 3. The molecule has 1 aromatic carbocycles. The van der Waals surface area contributed by atoms with Crippen molar-refractivity contribution in [1.82, 2.24) is 19.9 Å². The Kier molecular flexibility index (Phi) is 2.82. The average molecular weight is 295 g/mol. The summed E-state index contributed by atoms with van der Waals surface area (Å²) in [5.41, 5.74) is 4.65. The van der Waals surface area contributed by atoms with Gasteiger partial charge in [0.05, 0.1) is 11.8 Å². The number of nitrogens with zero attached hydrogens (tertiary/aromatic N) is 3. The third-order valence-electron chi connectivity index (χ3n) is 3.53. The third-order valence-corrected chi connectivity index (χ3v) is 3.80. The molecule has 0 saturated carbocycles. The molecule has 3 heterocycles. The SMILES string of the molecule is Clc1nc2cccc(Cc3ccccn3)c2c2nc[nH]c12. The van der Waals surface area contributed by atoms with Gasteiger partial charge in [0, 0.05) is 23.7 Å². The molecule has 4 aromatic rings. The Bertz CT molecular complexity index is 931. The molecule has 0 aliphatic heterocycles. The molecule has 3 aromatic heterocycles. The summed E-state index contributed by atoms with van der Waals surface area (Å²) in [6.45, 7) is 0. The molecule has 0 spiro atoms. The molecular formula is C16H11ClN4. The van der Waals surface area contributed by atoms with Crippen LogP contribution in [0.15, 0.2) is 48.9 Å². The molecule has 0 amide bonds. The number of halogens is 1. The number of pyridine rings is 2. The average Bonchev–Trinajstić information content (AvgIpc) is 2.98. The number of aromatic amines is 1. The highest BCUT2D eigenvalue weighted by molar-refractivity contribution is 6.35. The van der Waals surface area contributed by atoms with E-state index in [4.69, 9.17) is 11.6 Å².